The van der Waals surface area contributed by atoms with E-state index < -0.39 is 0 Å². The lowest BCUT2D eigenvalue weighted by molar-refractivity contribution is 0.198. The second-order valence-electron chi connectivity index (χ2n) is 4.75. The minimum atomic E-state index is 0.401. The van der Waals surface area contributed by atoms with Gasteiger partial charge in [0.1, 0.15) is 5.76 Å². The van der Waals surface area contributed by atoms with Gasteiger partial charge in [0.2, 0.25) is 0 Å². The molecule has 0 saturated heterocycles. The van der Waals surface area contributed by atoms with E-state index >= 15 is 0 Å². The van der Waals surface area contributed by atoms with Gasteiger partial charge in [0.25, 0.3) is 0 Å². The summed E-state index contributed by atoms with van der Waals surface area (Å²) in [5.41, 5.74) is 1.29. The number of thioether (sulfide) groups is 1. The Kier molecular flexibility index (Phi) is 14.2. The van der Waals surface area contributed by atoms with Crippen LogP contribution in [-0.2, 0) is 10.5 Å². The molecule has 0 aliphatic heterocycles. The fraction of sp³-hybridized carbons (Fsp3) is 0.368. The first-order valence-electron chi connectivity index (χ1n) is 7.98. The molecular weight excluding hydrogens is 355 g/mol. The van der Waals surface area contributed by atoms with Crippen molar-refractivity contribution in [1.82, 2.24) is 0 Å². The Labute approximate surface area is 163 Å². The molecule has 0 unspecified atom stereocenters. The van der Waals surface area contributed by atoms with Crippen LogP contribution in [0.4, 0.5) is 0 Å². The molecule has 0 amide bonds. The van der Waals surface area contributed by atoms with E-state index in [4.69, 9.17) is 16.3 Å². The minimum absolute atomic E-state index is 0.401. The van der Waals surface area contributed by atoms with Crippen molar-refractivity contribution in [3.63, 3.8) is 0 Å². The largest absolute Gasteiger partial charge is 0.494 e. The summed E-state index contributed by atoms with van der Waals surface area (Å²) < 4.78 is 5.88. The van der Waals surface area contributed by atoms with E-state index in [1.807, 2.05) is 32.9 Å². The van der Waals surface area contributed by atoms with Crippen LogP contribution in [-0.4, -0.2) is 13.2 Å². The Hall–Kier alpha value is -0.705. The first-order valence-corrected chi connectivity index (χ1v) is 9.86. The van der Waals surface area contributed by atoms with Crippen molar-refractivity contribution in [2.24, 2.45) is 0 Å². The summed E-state index contributed by atoms with van der Waals surface area (Å²) in [6.07, 6.45) is 6.30. The number of allylic oxidation sites excluding steroid dienone is 4. The molecule has 130 valence electrons. The summed E-state index contributed by atoms with van der Waals surface area (Å²) >= 11 is 10.8. The Morgan fingerprint density at radius 3 is 2.42 bits per heavy atom. The molecular formula is C19H26BClOS2. The van der Waals surface area contributed by atoms with Gasteiger partial charge in [-0.25, -0.2) is 12.5 Å². The van der Waals surface area contributed by atoms with Gasteiger partial charge in [-0.15, -0.1) is 11.8 Å². The molecule has 0 spiro atoms. The van der Waals surface area contributed by atoms with Crippen molar-refractivity contribution in [3.8, 4) is 0 Å². The van der Waals surface area contributed by atoms with Gasteiger partial charge in [0, 0.05) is 15.7 Å². The van der Waals surface area contributed by atoms with Crippen LogP contribution >= 0.6 is 35.8 Å². The van der Waals surface area contributed by atoms with E-state index in [1.165, 1.54) is 5.56 Å². The molecule has 1 fully saturated rings. The number of hydrogen-bond donors (Lipinski definition) is 1. The Bertz CT molecular complexity index is 525. The summed E-state index contributed by atoms with van der Waals surface area (Å²) in [5, 5.41) is 0.638. The van der Waals surface area contributed by atoms with E-state index in [1.54, 1.807) is 17.8 Å². The summed E-state index contributed by atoms with van der Waals surface area (Å²) in [6, 6.07) is 10.4. The highest BCUT2D eigenvalue weighted by atomic mass is 35.5. The summed E-state index contributed by atoms with van der Waals surface area (Å²) in [7, 11) is 4.19. The monoisotopic (exact) mass is 380 g/mol. The van der Waals surface area contributed by atoms with E-state index in [0.717, 1.165) is 29.3 Å². The van der Waals surface area contributed by atoms with Crippen LogP contribution in [0.1, 0.15) is 39.2 Å². The van der Waals surface area contributed by atoms with E-state index in [0.29, 0.717) is 11.1 Å². The highest BCUT2D eigenvalue weighted by Gasteiger charge is 2.24. The fourth-order valence-electron chi connectivity index (χ4n) is 1.66. The highest BCUT2D eigenvalue weighted by Crippen LogP contribution is 2.32. The number of halogens is 1. The molecule has 0 atom stereocenters. The zero-order valence-electron chi connectivity index (χ0n) is 14.7. The third-order valence-electron chi connectivity index (χ3n) is 2.92. The molecule has 2 rings (SSSR count). The molecule has 0 heterocycles. The maximum absolute atomic E-state index is 6.08. The lowest BCUT2D eigenvalue weighted by atomic mass is 10.2. The summed E-state index contributed by atoms with van der Waals surface area (Å²) in [6.45, 7) is 9.70. The number of rotatable bonds is 7. The van der Waals surface area contributed by atoms with Gasteiger partial charge in [0.05, 0.1) is 6.10 Å². The van der Waals surface area contributed by atoms with Crippen molar-refractivity contribution < 1.29 is 4.74 Å². The molecule has 0 bridgehead atoms. The van der Waals surface area contributed by atoms with Gasteiger partial charge in [-0.1, -0.05) is 68.4 Å². The van der Waals surface area contributed by atoms with Gasteiger partial charge in [-0.2, -0.15) is 0 Å². The normalized spacial score (nSPS) is 14.3. The zero-order chi connectivity index (χ0) is 18.4. The first kappa shape index (κ1) is 23.3. The first-order chi connectivity index (χ1) is 11.7. The second kappa shape index (κ2) is 14.6. The molecule has 1 saturated carbocycles. The number of thiol groups is 1. The van der Waals surface area contributed by atoms with Crippen LogP contribution in [0.25, 0.3) is 0 Å². The third-order valence-corrected chi connectivity index (χ3v) is 4.37. The average molecular weight is 381 g/mol. The van der Waals surface area contributed by atoms with Crippen molar-refractivity contribution in [2.45, 2.75) is 45.5 Å². The smallest absolute Gasteiger partial charge is 0.156 e. The average Bonchev–Trinajstić information content (AvgIpc) is 3.46. The van der Waals surface area contributed by atoms with E-state index in [2.05, 4.69) is 50.4 Å². The van der Waals surface area contributed by atoms with Crippen LogP contribution in [0.5, 0.6) is 0 Å². The Morgan fingerprint density at radius 1 is 1.33 bits per heavy atom. The Morgan fingerprint density at radius 2 is 1.92 bits per heavy atom. The molecule has 5 heteroatoms. The molecule has 24 heavy (non-hydrogen) atoms. The zero-order valence-corrected chi connectivity index (χ0v) is 17.1. The molecule has 1 nitrogen and oxygen atoms in total. The van der Waals surface area contributed by atoms with E-state index in [9.17, 15) is 0 Å². The van der Waals surface area contributed by atoms with Gasteiger partial charge >= 0.3 is 0 Å². The van der Waals surface area contributed by atoms with Crippen molar-refractivity contribution in [2.75, 3.05) is 0 Å². The lowest BCUT2D eigenvalue weighted by Gasteiger charge is -2.10. The van der Waals surface area contributed by atoms with Gasteiger partial charge in [-0.3, -0.25) is 0 Å². The SMILES string of the molecule is C=C/C(Cl)=C\C(SCc1ccccc1)=C(/C)OC1CC1.CC.[B]S. The van der Waals surface area contributed by atoms with Crippen LogP contribution < -0.4 is 0 Å². The third kappa shape index (κ3) is 10.2. The van der Waals surface area contributed by atoms with Gasteiger partial charge in [0.15, 0.2) is 7.12 Å². The highest BCUT2D eigenvalue weighted by molar-refractivity contribution is 8.03. The number of ether oxygens (including phenoxy) is 1. The molecule has 1 aromatic carbocycles. The Balaban J connectivity index is 0.00000123. The predicted molar refractivity (Wildman–Crippen MR) is 115 cm³/mol. The van der Waals surface area contributed by atoms with Crippen LogP contribution in [0.2, 0.25) is 0 Å². The molecule has 0 N–H and O–H groups in total. The van der Waals surface area contributed by atoms with Crippen molar-refractivity contribution in [3.05, 3.63) is 70.3 Å². The quantitative estimate of drug-likeness (QED) is 0.245. The molecule has 1 aromatic rings. The standard InChI is InChI=1S/C17H19ClOS.C2H6.BHS/c1-3-15(18)11-17(13(2)19-16-9-10-16)20-12-14-7-5-4-6-8-14;2*1-2/h3-8,11,16H,1,9-10,12H2,2H3;1-2H3;2H/b15-11+,17-13-;;. The molecule has 1 aliphatic carbocycles. The van der Waals surface area contributed by atoms with Crippen LogP contribution in [0, 0.1) is 0 Å². The van der Waals surface area contributed by atoms with Crippen LogP contribution in [0.3, 0.4) is 0 Å². The maximum atomic E-state index is 6.08. The van der Waals surface area contributed by atoms with Crippen molar-refractivity contribution >= 4 is 43.0 Å². The molecule has 1 aliphatic rings. The maximum Gasteiger partial charge on any atom is 0.156 e. The van der Waals surface area contributed by atoms with Gasteiger partial charge in [-0.05, 0) is 31.4 Å². The number of hydrogen-bond acceptors (Lipinski definition) is 3. The summed E-state index contributed by atoms with van der Waals surface area (Å²) in [5.74, 6) is 1.85. The second-order valence-corrected chi connectivity index (χ2v) is 6.20. The fourth-order valence-corrected chi connectivity index (χ4v) is 2.81. The van der Waals surface area contributed by atoms with Gasteiger partial charge < -0.3 is 4.74 Å². The topological polar surface area (TPSA) is 9.23 Å². The van der Waals surface area contributed by atoms with E-state index in [-0.39, 0.29) is 0 Å². The lowest BCUT2D eigenvalue weighted by Crippen LogP contribution is -1.94. The predicted octanol–water partition coefficient (Wildman–Crippen LogP) is 6.66. The summed E-state index contributed by atoms with van der Waals surface area (Å²) in [4.78, 5) is 1.07. The minimum Gasteiger partial charge on any atom is -0.494 e. The van der Waals surface area contributed by atoms with Crippen LogP contribution in [0.15, 0.2) is 64.8 Å². The molecule has 2 radical (unpaired) electrons. The molecule has 0 aromatic heterocycles. The van der Waals surface area contributed by atoms with Crippen molar-refractivity contribution in [1.29, 1.82) is 0 Å². The number of benzene rings is 1.